The number of rotatable bonds is 6. The monoisotopic (exact) mass is 388 g/mol. The van der Waals surface area contributed by atoms with Crippen LogP contribution in [0, 0.1) is 0 Å². The maximum absolute atomic E-state index is 12.6. The predicted molar refractivity (Wildman–Crippen MR) is 103 cm³/mol. The molecule has 0 saturated carbocycles. The van der Waals surface area contributed by atoms with Gasteiger partial charge in [-0.2, -0.15) is 0 Å². The number of anilines is 2. The van der Waals surface area contributed by atoms with Gasteiger partial charge in [-0.3, -0.25) is 14.5 Å². The molecule has 8 heteroatoms. The van der Waals surface area contributed by atoms with Gasteiger partial charge in [-0.25, -0.2) is 4.79 Å². The minimum atomic E-state index is -0.475. The Bertz CT molecular complexity index is 877. The Labute approximate surface area is 160 Å². The number of hydrogen-bond donors (Lipinski definition) is 1. The van der Waals surface area contributed by atoms with Crippen LogP contribution in [0.1, 0.15) is 29.1 Å². The van der Waals surface area contributed by atoms with Crippen molar-refractivity contribution in [1.29, 1.82) is 0 Å². The first-order valence-corrected chi connectivity index (χ1v) is 9.47. The summed E-state index contributed by atoms with van der Waals surface area (Å²) in [6.45, 7) is 3.67. The number of benzene rings is 1. The highest BCUT2D eigenvalue weighted by Crippen LogP contribution is 2.32. The number of nitrogens with zero attached hydrogens (tertiary/aromatic N) is 1. The number of aryl methyl sites for hydroxylation is 1. The third-order valence-corrected chi connectivity index (χ3v) is 5.18. The van der Waals surface area contributed by atoms with Gasteiger partial charge < -0.3 is 14.8 Å². The first kappa shape index (κ1) is 18.9. The second-order valence-corrected chi connectivity index (χ2v) is 6.95. The zero-order valence-electron chi connectivity index (χ0n) is 15.1. The van der Waals surface area contributed by atoms with Crippen LogP contribution < -0.4 is 15.0 Å². The summed E-state index contributed by atoms with van der Waals surface area (Å²) in [6, 6.07) is 8.78. The summed E-state index contributed by atoms with van der Waals surface area (Å²) in [5.74, 6) is -0.608. The number of para-hydroxylation sites is 2. The van der Waals surface area contributed by atoms with Gasteiger partial charge in [-0.1, -0.05) is 19.1 Å². The van der Waals surface area contributed by atoms with E-state index in [-0.39, 0.29) is 25.7 Å². The van der Waals surface area contributed by atoms with Crippen molar-refractivity contribution in [3.05, 3.63) is 40.8 Å². The SMILES string of the molecule is CCOC(=O)c1cc(CC)sc1NC(=O)CN1C(=O)COc2ccccc21. The molecule has 2 heterocycles. The second kappa shape index (κ2) is 8.22. The van der Waals surface area contributed by atoms with Crippen molar-refractivity contribution in [3.8, 4) is 5.75 Å². The average Bonchev–Trinajstić information content (AvgIpc) is 3.07. The fourth-order valence-electron chi connectivity index (χ4n) is 2.71. The van der Waals surface area contributed by atoms with Crippen LogP contribution in [0.15, 0.2) is 30.3 Å². The zero-order chi connectivity index (χ0) is 19.4. The minimum Gasteiger partial charge on any atom is -0.482 e. The normalized spacial score (nSPS) is 13.0. The lowest BCUT2D eigenvalue weighted by atomic mass is 10.2. The van der Waals surface area contributed by atoms with E-state index < -0.39 is 11.9 Å². The molecule has 1 aliphatic heterocycles. The topological polar surface area (TPSA) is 84.9 Å². The van der Waals surface area contributed by atoms with E-state index in [0.29, 0.717) is 22.0 Å². The van der Waals surface area contributed by atoms with E-state index in [2.05, 4.69) is 5.32 Å². The highest BCUT2D eigenvalue weighted by molar-refractivity contribution is 7.16. The van der Waals surface area contributed by atoms with Crippen LogP contribution in [-0.2, 0) is 20.7 Å². The summed E-state index contributed by atoms with van der Waals surface area (Å²) in [5, 5.41) is 3.18. The third kappa shape index (κ3) is 4.11. The number of esters is 1. The second-order valence-electron chi connectivity index (χ2n) is 5.81. The standard InChI is InChI=1S/C19H20N2O5S/c1-3-12-9-13(19(24)25-4-2)18(27-12)20-16(22)10-21-14-7-5-6-8-15(14)26-11-17(21)23/h5-9H,3-4,10-11H2,1-2H3,(H,20,22). The summed E-state index contributed by atoms with van der Waals surface area (Å²) in [7, 11) is 0. The smallest absolute Gasteiger partial charge is 0.341 e. The molecule has 2 aromatic rings. The van der Waals surface area contributed by atoms with Crippen LogP contribution in [0.4, 0.5) is 10.7 Å². The van der Waals surface area contributed by atoms with E-state index in [0.717, 1.165) is 11.3 Å². The van der Waals surface area contributed by atoms with Crippen LogP contribution in [0.25, 0.3) is 0 Å². The summed E-state index contributed by atoms with van der Waals surface area (Å²) < 4.78 is 10.4. The van der Waals surface area contributed by atoms with Gasteiger partial charge in [-0.05, 0) is 31.5 Å². The van der Waals surface area contributed by atoms with E-state index in [1.54, 1.807) is 37.3 Å². The number of amides is 2. The quantitative estimate of drug-likeness (QED) is 0.769. The molecule has 7 nitrogen and oxygen atoms in total. The predicted octanol–water partition coefficient (Wildman–Crippen LogP) is 2.85. The number of ether oxygens (including phenoxy) is 2. The van der Waals surface area contributed by atoms with Crippen LogP contribution >= 0.6 is 11.3 Å². The van der Waals surface area contributed by atoms with Crippen LogP contribution in [-0.4, -0.2) is 37.5 Å². The molecule has 0 saturated heterocycles. The Morgan fingerprint density at radius 3 is 2.81 bits per heavy atom. The van der Waals surface area contributed by atoms with E-state index in [4.69, 9.17) is 9.47 Å². The Morgan fingerprint density at radius 2 is 2.07 bits per heavy atom. The molecule has 27 heavy (non-hydrogen) atoms. The lowest BCUT2D eigenvalue weighted by Gasteiger charge is -2.28. The summed E-state index contributed by atoms with van der Waals surface area (Å²) in [5.41, 5.74) is 0.885. The Hall–Kier alpha value is -2.87. The zero-order valence-corrected chi connectivity index (χ0v) is 15.9. The summed E-state index contributed by atoms with van der Waals surface area (Å²) >= 11 is 1.33. The number of fused-ring (bicyclic) bond motifs is 1. The lowest BCUT2D eigenvalue weighted by molar-refractivity contribution is -0.123. The van der Waals surface area contributed by atoms with Gasteiger partial charge in [0.2, 0.25) is 5.91 Å². The van der Waals surface area contributed by atoms with Crippen molar-refractivity contribution in [2.75, 3.05) is 30.0 Å². The van der Waals surface area contributed by atoms with Crippen molar-refractivity contribution < 1.29 is 23.9 Å². The molecule has 3 rings (SSSR count). The van der Waals surface area contributed by atoms with Gasteiger partial charge in [-0.15, -0.1) is 11.3 Å². The van der Waals surface area contributed by atoms with Gasteiger partial charge in [0.15, 0.2) is 6.61 Å². The number of carbonyl (C=O) groups is 3. The summed E-state index contributed by atoms with van der Waals surface area (Å²) in [6.07, 6.45) is 0.738. The van der Waals surface area contributed by atoms with Crippen LogP contribution in [0.2, 0.25) is 0 Å². The van der Waals surface area contributed by atoms with Gasteiger partial charge >= 0.3 is 5.97 Å². The lowest BCUT2D eigenvalue weighted by Crippen LogP contribution is -2.43. The molecule has 0 aliphatic carbocycles. The number of carbonyl (C=O) groups excluding carboxylic acids is 3. The molecule has 142 valence electrons. The molecule has 0 radical (unpaired) electrons. The number of nitrogens with one attached hydrogen (secondary N) is 1. The Morgan fingerprint density at radius 1 is 1.30 bits per heavy atom. The largest absolute Gasteiger partial charge is 0.482 e. The maximum Gasteiger partial charge on any atom is 0.341 e. The van der Waals surface area contributed by atoms with Crippen molar-refractivity contribution in [2.45, 2.75) is 20.3 Å². The minimum absolute atomic E-state index is 0.114. The van der Waals surface area contributed by atoms with Crippen molar-refractivity contribution in [1.82, 2.24) is 0 Å². The van der Waals surface area contributed by atoms with Crippen molar-refractivity contribution in [2.24, 2.45) is 0 Å². The molecule has 0 spiro atoms. The molecule has 0 unspecified atom stereocenters. The van der Waals surface area contributed by atoms with Crippen molar-refractivity contribution in [3.63, 3.8) is 0 Å². The van der Waals surface area contributed by atoms with Gasteiger partial charge in [0.25, 0.3) is 5.91 Å². The van der Waals surface area contributed by atoms with E-state index >= 15 is 0 Å². The molecule has 2 amide bonds. The Kier molecular flexibility index (Phi) is 5.75. The van der Waals surface area contributed by atoms with E-state index in [1.165, 1.54) is 16.2 Å². The fraction of sp³-hybridized carbons (Fsp3) is 0.316. The van der Waals surface area contributed by atoms with Gasteiger partial charge in [0, 0.05) is 4.88 Å². The highest BCUT2D eigenvalue weighted by atomic mass is 32.1. The van der Waals surface area contributed by atoms with Crippen LogP contribution in [0.3, 0.4) is 0 Å². The average molecular weight is 388 g/mol. The molecular weight excluding hydrogens is 368 g/mol. The van der Waals surface area contributed by atoms with Gasteiger partial charge in [0.1, 0.15) is 17.3 Å². The highest BCUT2D eigenvalue weighted by Gasteiger charge is 2.28. The molecule has 1 aliphatic rings. The molecule has 1 N–H and O–H groups in total. The summed E-state index contributed by atoms with van der Waals surface area (Å²) in [4.78, 5) is 39.3. The molecule has 1 aromatic carbocycles. The first-order valence-electron chi connectivity index (χ1n) is 8.65. The van der Waals surface area contributed by atoms with E-state index in [9.17, 15) is 14.4 Å². The van der Waals surface area contributed by atoms with Crippen LogP contribution in [0.5, 0.6) is 5.75 Å². The fourth-order valence-corrected chi connectivity index (χ4v) is 3.71. The van der Waals surface area contributed by atoms with E-state index in [1.807, 2.05) is 6.92 Å². The number of thiophene rings is 1. The van der Waals surface area contributed by atoms with Crippen molar-refractivity contribution >= 4 is 39.8 Å². The molecular formula is C19H20N2O5S. The molecule has 0 bridgehead atoms. The molecule has 0 atom stereocenters. The molecule has 0 fully saturated rings. The maximum atomic E-state index is 12.6. The Balaban J connectivity index is 1.78. The first-order chi connectivity index (χ1) is 13.0. The third-order valence-electron chi connectivity index (χ3n) is 3.99. The molecule has 1 aromatic heterocycles. The number of hydrogen-bond acceptors (Lipinski definition) is 6. The van der Waals surface area contributed by atoms with Gasteiger partial charge in [0.05, 0.1) is 17.9 Å².